The van der Waals surface area contributed by atoms with Crippen LogP contribution >= 0.6 is 0 Å². The Morgan fingerprint density at radius 2 is 2.05 bits per heavy atom. The van der Waals surface area contributed by atoms with Gasteiger partial charge in [-0.1, -0.05) is 0 Å². The quantitative estimate of drug-likeness (QED) is 0.853. The molecule has 2 N–H and O–H groups in total. The largest absolute Gasteiger partial charge is 0.449 e. The molecule has 0 aliphatic heterocycles. The fraction of sp³-hybridized carbons (Fsp3) is 0.412. The Labute approximate surface area is 129 Å². The van der Waals surface area contributed by atoms with Gasteiger partial charge in [0.2, 0.25) is 0 Å². The molecule has 0 radical (unpaired) electrons. The Morgan fingerprint density at radius 3 is 2.73 bits per heavy atom. The molecule has 3 rings (SSSR count). The molecule has 5 heteroatoms. The second-order valence-electron chi connectivity index (χ2n) is 5.97. The third-order valence-electron chi connectivity index (χ3n) is 4.12. The molecule has 1 aliphatic carbocycles. The molecule has 2 aromatic rings. The van der Waals surface area contributed by atoms with Crippen LogP contribution in [0.5, 0.6) is 0 Å². The lowest BCUT2D eigenvalue weighted by atomic mass is 10.1. The van der Waals surface area contributed by atoms with Crippen molar-refractivity contribution in [2.24, 2.45) is 0 Å². The van der Waals surface area contributed by atoms with E-state index < -0.39 is 12.1 Å². The maximum Gasteiger partial charge on any atom is 0.338 e. The third kappa shape index (κ3) is 2.84. The number of aromatic amines is 1. The van der Waals surface area contributed by atoms with E-state index in [1.54, 1.807) is 13.0 Å². The van der Waals surface area contributed by atoms with Crippen molar-refractivity contribution in [1.29, 1.82) is 0 Å². The number of nitrogens with one attached hydrogen (secondary N) is 2. The number of esters is 1. The third-order valence-corrected chi connectivity index (χ3v) is 4.12. The summed E-state index contributed by atoms with van der Waals surface area (Å²) in [5.41, 5.74) is 3.65. The van der Waals surface area contributed by atoms with E-state index in [2.05, 4.69) is 10.3 Å². The smallest absolute Gasteiger partial charge is 0.338 e. The van der Waals surface area contributed by atoms with Crippen molar-refractivity contribution in [3.63, 3.8) is 0 Å². The van der Waals surface area contributed by atoms with Crippen molar-refractivity contribution in [3.8, 4) is 0 Å². The van der Waals surface area contributed by atoms with Crippen LogP contribution in [0.1, 0.15) is 41.4 Å². The molecular formula is C17H20N2O3. The lowest BCUT2D eigenvalue weighted by molar-refractivity contribution is -0.129. The fourth-order valence-corrected chi connectivity index (χ4v) is 2.42. The molecule has 116 valence electrons. The summed E-state index contributed by atoms with van der Waals surface area (Å²) in [4.78, 5) is 27.3. The number of aryl methyl sites for hydroxylation is 2. The highest BCUT2D eigenvalue weighted by molar-refractivity contribution is 5.97. The van der Waals surface area contributed by atoms with Crippen LogP contribution in [0.15, 0.2) is 18.2 Å². The Hall–Kier alpha value is -2.30. The first-order valence-corrected chi connectivity index (χ1v) is 7.56. The van der Waals surface area contributed by atoms with Gasteiger partial charge in [-0.25, -0.2) is 4.79 Å². The summed E-state index contributed by atoms with van der Waals surface area (Å²) < 4.78 is 5.26. The minimum Gasteiger partial charge on any atom is -0.449 e. The van der Waals surface area contributed by atoms with Crippen LogP contribution in [-0.2, 0) is 9.53 Å². The molecule has 1 heterocycles. The van der Waals surface area contributed by atoms with Crippen LogP contribution in [0, 0.1) is 13.8 Å². The average Bonchev–Trinajstić information content (AvgIpc) is 3.25. The molecule has 1 saturated carbocycles. The zero-order chi connectivity index (χ0) is 15.9. The molecule has 1 fully saturated rings. The summed E-state index contributed by atoms with van der Waals surface area (Å²) in [5.74, 6) is -0.704. The number of ether oxygens (including phenoxy) is 1. The lowest BCUT2D eigenvalue weighted by Crippen LogP contribution is -2.37. The highest BCUT2D eigenvalue weighted by atomic mass is 16.5. The van der Waals surface area contributed by atoms with E-state index >= 15 is 0 Å². The number of hydrogen-bond acceptors (Lipinski definition) is 3. The van der Waals surface area contributed by atoms with Crippen molar-refractivity contribution < 1.29 is 14.3 Å². The number of amides is 1. The summed E-state index contributed by atoms with van der Waals surface area (Å²) in [6, 6.07) is 5.64. The first kappa shape index (κ1) is 14.6. The van der Waals surface area contributed by atoms with Crippen LogP contribution in [0.25, 0.3) is 10.9 Å². The molecule has 1 amide bonds. The van der Waals surface area contributed by atoms with Gasteiger partial charge in [-0.2, -0.15) is 0 Å². The molecule has 1 aliphatic rings. The topological polar surface area (TPSA) is 71.2 Å². The second-order valence-corrected chi connectivity index (χ2v) is 5.97. The number of rotatable bonds is 4. The standard InChI is InChI=1S/C17H20N2O3/c1-9-10(2)18-15-7-4-12(8-14(9)15)17(21)22-11(3)16(20)19-13-5-6-13/h4,7-8,11,13,18H,5-6H2,1-3H3,(H,19,20)/t11-/m1/s1. The zero-order valence-electron chi connectivity index (χ0n) is 13.0. The molecule has 1 aromatic carbocycles. The van der Waals surface area contributed by atoms with Crippen LogP contribution in [-0.4, -0.2) is 29.0 Å². The van der Waals surface area contributed by atoms with Crippen molar-refractivity contribution in [2.75, 3.05) is 0 Å². The number of H-pyrrole nitrogens is 1. The van der Waals surface area contributed by atoms with Crippen molar-refractivity contribution in [1.82, 2.24) is 10.3 Å². The summed E-state index contributed by atoms with van der Waals surface area (Å²) in [6.07, 6.45) is 1.24. The van der Waals surface area contributed by atoms with E-state index in [0.29, 0.717) is 5.56 Å². The molecular weight excluding hydrogens is 280 g/mol. The second kappa shape index (κ2) is 5.48. The molecule has 0 spiro atoms. The first-order valence-electron chi connectivity index (χ1n) is 7.56. The van der Waals surface area contributed by atoms with Gasteiger partial charge in [0.1, 0.15) is 0 Å². The Balaban J connectivity index is 1.73. The van der Waals surface area contributed by atoms with E-state index in [0.717, 1.165) is 35.0 Å². The first-order chi connectivity index (χ1) is 10.5. The molecule has 22 heavy (non-hydrogen) atoms. The Kier molecular flexibility index (Phi) is 3.64. The van der Waals surface area contributed by atoms with E-state index in [-0.39, 0.29) is 11.9 Å². The van der Waals surface area contributed by atoms with Gasteiger partial charge in [0.05, 0.1) is 5.56 Å². The highest BCUT2D eigenvalue weighted by Crippen LogP contribution is 2.23. The van der Waals surface area contributed by atoms with Crippen LogP contribution < -0.4 is 5.32 Å². The van der Waals surface area contributed by atoms with Crippen molar-refractivity contribution in [3.05, 3.63) is 35.0 Å². The number of carbonyl (C=O) groups is 2. The minimum absolute atomic E-state index is 0.231. The Bertz CT molecular complexity index is 744. The summed E-state index contributed by atoms with van der Waals surface area (Å²) in [5, 5.41) is 3.83. The summed E-state index contributed by atoms with van der Waals surface area (Å²) in [7, 11) is 0. The predicted molar refractivity (Wildman–Crippen MR) is 83.8 cm³/mol. The van der Waals surface area contributed by atoms with Crippen LogP contribution in [0.2, 0.25) is 0 Å². The monoisotopic (exact) mass is 300 g/mol. The Morgan fingerprint density at radius 1 is 1.32 bits per heavy atom. The minimum atomic E-state index is -0.780. The lowest BCUT2D eigenvalue weighted by Gasteiger charge is -2.13. The van der Waals surface area contributed by atoms with Gasteiger partial charge in [0, 0.05) is 22.6 Å². The normalized spacial score (nSPS) is 15.6. The fourth-order valence-electron chi connectivity index (χ4n) is 2.42. The molecule has 1 aromatic heterocycles. The van der Waals surface area contributed by atoms with Gasteiger partial charge in [-0.3, -0.25) is 4.79 Å². The van der Waals surface area contributed by atoms with Gasteiger partial charge in [-0.15, -0.1) is 0 Å². The average molecular weight is 300 g/mol. The van der Waals surface area contributed by atoms with Gasteiger partial charge in [0.25, 0.3) is 5.91 Å². The van der Waals surface area contributed by atoms with Crippen molar-refractivity contribution >= 4 is 22.8 Å². The molecule has 0 saturated heterocycles. The number of benzene rings is 1. The predicted octanol–water partition coefficient (Wildman–Crippen LogP) is 2.61. The van der Waals surface area contributed by atoms with Crippen LogP contribution in [0.3, 0.4) is 0 Å². The van der Waals surface area contributed by atoms with Gasteiger partial charge >= 0.3 is 5.97 Å². The number of fused-ring (bicyclic) bond motifs is 1. The van der Waals surface area contributed by atoms with Crippen molar-refractivity contribution in [2.45, 2.75) is 45.8 Å². The molecule has 0 unspecified atom stereocenters. The summed E-state index contributed by atoms with van der Waals surface area (Å²) >= 11 is 0. The van der Waals surface area contributed by atoms with Crippen LogP contribution in [0.4, 0.5) is 0 Å². The van der Waals surface area contributed by atoms with E-state index in [1.807, 2.05) is 26.0 Å². The number of aromatic nitrogens is 1. The maximum absolute atomic E-state index is 12.2. The molecule has 0 bridgehead atoms. The molecule has 5 nitrogen and oxygen atoms in total. The van der Waals surface area contributed by atoms with E-state index in [4.69, 9.17) is 4.74 Å². The number of hydrogen-bond donors (Lipinski definition) is 2. The maximum atomic E-state index is 12.2. The van der Waals surface area contributed by atoms with E-state index in [9.17, 15) is 9.59 Å². The SMILES string of the molecule is Cc1[nH]c2ccc(C(=O)O[C@H](C)C(=O)NC3CC3)cc2c1C. The number of carbonyl (C=O) groups excluding carboxylic acids is 2. The van der Waals surface area contributed by atoms with Gasteiger partial charge in [-0.05, 0) is 57.4 Å². The van der Waals surface area contributed by atoms with E-state index in [1.165, 1.54) is 0 Å². The van der Waals surface area contributed by atoms with Gasteiger partial charge < -0.3 is 15.0 Å². The summed E-state index contributed by atoms with van der Waals surface area (Å²) in [6.45, 7) is 5.60. The highest BCUT2D eigenvalue weighted by Gasteiger charge is 2.27. The molecule has 1 atom stereocenters. The zero-order valence-corrected chi connectivity index (χ0v) is 13.0. The van der Waals surface area contributed by atoms with Gasteiger partial charge in [0.15, 0.2) is 6.10 Å².